The van der Waals surface area contributed by atoms with Crippen LogP contribution in [0.2, 0.25) is 5.02 Å². The summed E-state index contributed by atoms with van der Waals surface area (Å²) >= 11 is 6.05. The van der Waals surface area contributed by atoms with Crippen molar-refractivity contribution in [3.8, 4) is 11.5 Å². The number of ether oxygens (including phenoxy) is 2. The molecule has 0 aliphatic heterocycles. The van der Waals surface area contributed by atoms with Gasteiger partial charge in [-0.15, -0.1) is 0 Å². The monoisotopic (exact) mass is 430 g/mol. The smallest absolute Gasteiger partial charge is 0.252 e. The molecule has 7 nitrogen and oxygen atoms in total. The topological polar surface area (TPSA) is 88.6 Å². The molecule has 2 N–H and O–H groups in total. The van der Waals surface area contributed by atoms with Crippen LogP contribution in [0.5, 0.6) is 11.5 Å². The molecule has 0 spiro atoms. The standard InChI is InChI=1S/C21H20ClFN4O3/c1-3-29-19-10-14(11-24-27-21-25-13(2)9-20(28)26-21)7-8-18(19)30-12-15-16(22)5-4-6-17(15)23/h4-11H,3,12H2,1-2H3,(H2,25,26,27,28). The predicted octanol–water partition coefficient (Wildman–Crippen LogP) is 4.29. The maximum atomic E-state index is 13.9. The van der Waals surface area contributed by atoms with Gasteiger partial charge in [0.25, 0.3) is 5.56 Å². The zero-order chi connectivity index (χ0) is 21.5. The zero-order valence-electron chi connectivity index (χ0n) is 16.4. The van der Waals surface area contributed by atoms with Gasteiger partial charge in [-0.2, -0.15) is 5.10 Å². The fourth-order valence-electron chi connectivity index (χ4n) is 2.61. The lowest BCUT2D eigenvalue weighted by molar-refractivity contribution is 0.266. The Bertz CT molecular complexity index is 1100. The highest BCUT2D eigenvalue weighted by Crippen LogP contribution is 2.30. The Labute approximate surface area is 177 Å². The Morgan fingerprint density at radius 1 is 1.23 bits per heavy atom. The van der Waals surface area contributed by atoms with Gasteiger partial charge in [0.15, 0.2) is 11.5 Å². The summed E-state index contributed by atoms with van der Waals surface area (Å²) in [6, 6.07) is 11.1. The van der Waals surface area contributed by atoms with E-state index in [9.17, 15) is 9.18 Å². The summed E-state index contributed by atoms with van der Waals surface area (Å²) in [5.74, 6) is 0.739. The van der Waals surface area contributed by atoms with Crippen LogP contribution in [-0.4, -0.2) is 22.8 Å². The number of nitrogens with one attached hydrogen (secondary N) is 2. The first-order valence-electron chi connectivity index (χ1n) is 9.16. The van der Waals surface area contributed by atoms with E-state index in [-0.39, 0.29) is 23.7 Å². The van der Waals surface area contributed by atoms with Crippen molar-refractivity contribution in [2.24, 2.45) is 5.10 Å². The highest BCUT2D eigenvalue weighted by atomic mass is 35.5. The van der Waals surface area contributed by atoms with Crippen LogP contribution in [0, 0.1) is 12.7 Å². The number of aromatic nitrogens is 2. The van der Waals surface area contributed by atoms with Gasteiger partial charge in [-0.3, -0.25) is 9.78 Å². The molecule has 0 fully saturated rings. The van der Waals surface area contributed by atoms with Crippen molar-refractivity contribution in [2.75, 3.05) is 12.0 Å². The maximum absolute atomic E-state index is 13.9. The van der Waals surface area contributed by atoms with Crippen LogP contribution in [0.1, 0.15) is 23.7 Å². The highest BCUT2D eigenvalue weighted by molar-refractivity contribution is 6.31. The largest absolute Gasteiger partial charge is 0.490 e. The van der Waals surface area contributed by atoms with E-state index >= 15 is 0 Å². The second-order valence-corrected chi connectivity index (χ2v) is 6.64. The van der Waals surface area contributed by atoms with Crippen LogP contribution < -0.4 is 20.5 Å². The maximum Gasteiger partial charge on any atom is 0.252 e. The van der Waals surface area contributed by atoms with Gasteiger partial charge in [-0.1, -0.05) is 17.7 Å². The minimum atomic E-state index is -0.432. The Kier molecular flexibility index (Phi) is 7.03. The molecule has 3 aromatic rings. The molecular formula is C21H20ClFN4O3. The molecule has 0 radical (unpaired) electrons. The van der Waals surface area contributed by atoms with Gasteiger partial charge >= 0.3 is 0 Å². The number of benzene rings is 2. The molecule has 1 aromatic heterocycles. The number of anilines is 1. The first-order chi connectivity index (χ1) is 14.5. The third kappa shape index (κ3) is 5.57. The molecule has 0 saturated heterocycles. The van der Waals surface area contributed by atoms with Crippen LogP contribution in [0.15, 0.2) is 52.4 Å². The molecule has 0 saturated carbocycles. The number of halogens is 2. The number of hydrazone groups is 1. The summed E-state index contributed by atoms with van der Waals surface area (Å²) in [5, 5.41) is 4.37. The van der Waals surface area contributed by atoms with Crippen molar-refractivity contribution in [1.29, 1.82) is 0 Å². The molecule has 30 heavy (non-hydrogen) atoms. The number of hydrogen-bond donors (Lipinski definition) is 2. The highest BCUT2D eigenvalue weighted by Gasteiger charge is 2.11. The summed E-state index contributed by atoms with van der Waals surface area (Å²) in [6.45, 7) is 3.95. The summed E-state index contributed by atoms with van der Waals surface area (Å²) in [4.78, 5) is 18.1. The van der Waals surface area contributed by atoms with Crippen molar-refractivity contribution >= 4 is 23.8 Å². The number of rotatable bonds is 8. The van der Waals surface area contributed by atoms with Crippen molar-refractivity contribution in [1.82, 2.24) is 9.97 Å². The zero-order valence-corrected chi connectivity index (χ0v) is 17.2. The van der Waals surface area contributed by atoms with E-state index in [1.54, 1.807) is 37.4 Å². The molecule has 0 bridgehead atoms. The molecule has 0 unspecified atom stereocenters. The van der Waals surface area contributed by atoms with Crippen LogP contribution in [0.25, 0.3) is 0 Å². The van der Waals surface area contributed by atoms with Crippen LogP contribution in [0.3, 0.4) is 0 Å². The molecule has 1 heterocycles. The van der Waals surface area contributed by atoms with E-state index < -0.39 is 5.82 Å². The van der Waals surface area contributed by atoms with Crippen LogP contribution in [0.4, 0.5) is 10.3 Å². The summed E-state index contributed by atoms with van der Waals surface area (Å²) < 4.78 is 25.3. The lowest BCUT2D eigenvalue weighted by Gasteiger charge is -2.13. The Morgan fingerprint density at radius 2 is 2.07 bits per heavy atom. The lowest BCUT2D eigenvalue weighted by Crippen LogP contribution is -2.10. The molecule has 156 valence electrons. The SMILES string of the molecule is CCOc1cc(C=NNc2nc(C)cc(=O)[nH]2)ccc1OCc1c(F)cccc1Cl. The summed E-state index contributed by atoms with van der Waals surface area (Å²) in [7, 11) is 0. The van der Waals surface area contributed by atoms with E-state index in [1.165, 1.54) is 18.2 Å². The number of hydrogen-bond acceptors (Lipinski definition) is 6. The van der Waals surface area contributed by atoms with Gasteiger partial charge in [0.2, 0.25) is 5.95 Å². The summed E-state index contributed by atoms with van der Waals surface area (Å²) in [6.07, 6.45) is 1.54. The Balaban J connectivity index is 1.73. The van der Waals surface area contributed by atoms with Gasteiger partial charge in [0.1, 0.15) is 12.4 Å². The molecule has 3 rings (SSSR count). The molecule has 0 atom stereocenters. The molecule has 0 amide bonds. The fourth-order valence-corrected chi connectivity index (χ4v) is 2.83. The van der Waals surface area contributed by atoms with Gasteiger partial charge in [0.05, 0.1) is 17.8 Å². The van der Waals surface area contributed by atoms with Crippen LogP contribution >= 0.6 is 11.6 Å². The average molecular weight is 431 g/mol. The van der Waals surface area contributed by atoms with Gasteiger partial charge < -0.3 is 9.47 Å². The Hall–Kier alpha value is -3.39. The Morgan fingerprint density at radius 3 is 2.80 bits per heavy atom. The lowest BCUT2D eigenvalue weighted by atomic mass is 10.2. The molecule has 0 aliphatic rings. The minimum Gasteiger partial charge on any atom is -0.490 e. The summed E-state index contributed by atoms with van der Waals surface area (Å²) in [5.41, 5.74) is 3.98. The first-order valence-corrected chi connectivity index (χ1v) is 9.53. The number of aryl methyl sites for hydroxylation is 1. The third-order valence-electron chi connectivity index (χ3n) is 3.96. The second-order valence-electron chi connectivity index (χ2n) is 6.23. The molecule has 2 aromatic carbocycles. The molecule has 9 heteroatoms. The van der Waals surface area contributed by atoms with Crippen molar-refractivity contribution in [2.45, 2.75) is 20.5 Å². The minimum absolute atomic E-state index is 0.0348. The van der Waals surface area contributed by atoms with Gasteiger partial charge in [0, 0.05) is 17.3 Å². The van der Waals surface area contributed by atoms with Crippen molar-refractivity contribution in [3.05, 3.63) is 80.5 Å². The average Bonchev–Trinajstić information content (AvgIpc) is 2.68. The quantitative estimate of drug-likeness (QED) is 0.411. The molecule has 0 aliphatic carbocycles. The van der Waals surface area contributed by atoms with Gasteiger partial charge in [-0.25, -0.2) is 14.8 Å². The number of H-pyrrole nitrogens is 1. The predicted molar refractivity (Wildman–Crippen MR) is 114 cm³/mol. The second kappa shape index (κ2) is 9.89. The number of nitrogens with zero attached hydrogens (tertiary/aromatic N) is 2. The third-order valence-corrected chi connectivity index (χ3v) is 4.31. The van der Waals surface area contributed by atoms with Crippen molar-refractivity contribution in [3.63, 3.8) is 0 Å². The first kappa shape index (κ1) is 21.3. The van der Waals surface area contributed by atoms with E-state index in [0.717, 1.165) is 5.56 Å². The fraction of sp³-hybridized carbons (Fsp3) is 0.190. The van der Waals surface area contributed by atoms with Crippen molar-refractivity contribution < 1.29 is 13.9 Å². The van der Waals surface area contributed by atoms with Gasteiger partial charge in [-0.05, 0) is 49.7 Å². The van der Waals surface area contributed by atoms with Crippen LogP contribution in [-0.2, 0) is 6.61 Å². The normalized spacial score (nSPS) is 10.9. The molecular weight excluding hydrogens is 411 g/mol. The van der Waals surface area contributed by atoms with E-state index in [2.05, 4.69) is 20.5 Å². The van der Waals surface area contributed by atoms with E-state index in [1.807, 2.05) is 6.92 Å². The number of aromatic amines is 1. The van der Waals surface area contributed by atoms with E-state index in [4.69, 9.17) is 21.1 Å². The van der Waals surface area contributed by atoms with E-state index in [0.29, 0.717) is 28.8 Å².